The zero-order valence-electron chi connectivity index (χ0n) is 22.2. The lowest BCUT2D eigenvalue weighted by atomic mass is 9.43. The highest BCUT2D eigenvalue weighted by molar-refractivity contribution is 5.82. The molecule has 8 heteroatoms. The van der Waals surface area contributed by atoms with Gasteiger partial charge in [0.25, 0.3) is 0 Å². The van der Waals surface area contributed by atoms with Gasteiger partial charge in [0, 0.05) is 25.2 Å². The fourth-order valence-electron chi connectivity index (χ4n) is 9.62. The molecule has 0 radical (unpaired) electrons. The summed E-state index contributed by atoms with van der Waals surface area (Å²) in [5.41, 5.74) is -0.390. The number of aliphatic hydroxyl groups is 1. The molecule has 0 bridgehead atoms. The number of aromatic nitrogens is 3. The average molecular weight is 516 g/mol. The maximum absolute atomic E-state index is 14.1. The second-order valence-electron chi connectivity index (χ2n) is 13.1. The number of halogens is 2. The van der Waals surface area contributed by atoms with Gasteiger partial charge in [0.1, 0.15) is 23.4 Å². The van der Waals surface area contributed by atoms with Gasteiger partial charge in [-0.1, -0.05) is 6.92 Å². The third kappa shape index (κ3) is 3.96. The van der Waals surface area contributed by atoms with E-state index in [-0.39, 0.29) is 40.1 Å². The molecule has 4 saturated carbocycles. The minimum Gasteiger partial charge on any atom is -0.390 e. The summed E-state index contributed by atoms with van der Waals surface area (Å²) < 4.78 is 33.6. The van der Waals surface area contributed by atoms with Crippen LogP contribution in [0.1, 0.15) is 71.6 Å². The molecule has 0 unspecified atom stereocenters. The Morgan fingerprint density at radius 3 is 2.68 bits per heavy atom. The Morgan fingerprint density at radius 2 is 1.89 bits per heavy atom. The first-order valence-corrected chi connectivity index (χ1v) is 14.0. The van der Waals surface area contributed by atoms with Crippen molar-refractivity contribution in [2.75, 3.05) is 13.7 Å². The van der Waals surface area contributed by atoms with Gasteiger partial charge in [-0.05, 0) is 99.2 Å². The molecule has 37 heavy (non-hydrogen) atoms. The van der Waals surface area contributed by atoms with E-state index in [0.29, 0.717) is 23.7 Å². The lowest BCUT2D eigenvalue weighted by molar-refractivity contribution is -0.175. The van der Waals surface area contributed by atoms with Crippen molar-refractivity contribution in [3.63, 3.8) is 0 Å². The molecule has 4 aliphatic carbocycles. The predicted molar refractivity (Wildman–Crippen MR) is 134 cm³/mol. The van der Waals surface area contributed by atoms with Gasteiger partial charge in [-0.2, -0.15) is 9.90 Å². The molecule has 0 aliphatic heterocycles. The highest BCUT2D eigenvalue weighted by atomic mass is 19.1. The third-order valence-electron chi connectivity index (χ3n) is 11.2. The highest BCUT2D eigenvalue weighted by Crippen LogP contribution is 2.68. The van der Waals surface area contributed by atoms with Crippen molar-refractivity contribution in [2.45, 2.75) is 83.8 Å². The molecular weight excluding hydrogens is 476 g/mol. The van der Waals surface area contributed by atoms with Gasteiger partial charge < -0.3 is 9.84 Å². The Balaban J connectivity index is 1.22. The summed E-state index contributed by atoms with van der Waals surface area (Å²) in [5.74, 6) is 0.701. The monoisotopic (exact) mass is 515 g/mol. The molecule has 1 N–H and O–H groups in total. The van der Waals surface area contributed by atoms with Crippen LogP contribution in [-0.2, 0) is 16.1 Å². The molecule has 0 saturated heterocycles. The number of benzene rings is 1. The number of rotatable bonds is 5. The third-order valence-corrected chi connectivity index (χ3v) is 11.2. The van der Waals surface area contributed by atoms with E-state index in [9.17, 15) is 18.7 Å². The van der Waals surface area contributed by atoms with E-state index >= 15 is 0 Å². The van der Waals surface area contributed by atoms with Crippen molar-refractivity contribution in [2.24, 2.45) is 40.4 Å². The first-order valence-electron chi connectivity index (χ1n) is 14.0. The molecule has 4 fully saturated rings. The van der Waals surface area contributed by atoms with Crippen molar-refractivity contribution in [3.05, 3.63) is 23.8 Å². The number of ether oxygens (including phenoxy) is 1. The second kappa shape index (κ2) is 8.80. The van der Waals surface area contributed by atoms with E-state index in [1.165, 1.54) is 4.80 Å². The molecule has 202 valence electrons. The molecule has 6 rings (SSSR count). The molecular formula is C29H39F2N3O3. The van der Waals surface area contributed by atoms with Crippen molar-refractivity contribution < 1.29 is 23.4 Å². The fourth-order valence-corrected chi connectivity index (χ4v) is 9.62. The van der Waals surface area contributed by atoms with Gasteiger partial charge in [0.15, 0.2) is 11.6 Å². The molecule has 0 spiro atoms. The summed E-state index contributed by atoms with van der Waals surface area (Å²) in [6.07, 6.45) is 9.01. The Hall–Kier alpha value is -1.93. The number of hydrogen-bond acceptors (Lipinski definition) is 5. The van der Waals surface area contributed by atoms with Crippen LogP contribution >= 0.6 is 0 Å². The summed E-state index contributed by atoms with van der Waals surface area (Å²) >= 11 is 0. The van der Waals surface area contributed by atoms with Crippen LogP contribution in [0.5, 0.6) is 0 Å². The number of ketones is 1. The topological polar surface area (TPSA) is 77.2 Å². The van der Waals surface area contributed by atoms with Crippen molar-refractivity contribution in [3.8, 4) is 0 Å². The van der Waals surface area contributed by atoms with Gasteiger partial charge in [-0.25, -0.2) is 8.78 Å². The summed E-state index contributed by atoms with van der Waals surface area (Å²) in [6, 6.07) is 1.94. The zero-order chi connectivity index (χ0) is 26.2. The van der Waals surface area contributed by atoms with Gasteiger partial charge in [-0.15, -0.1) is 5.10 Å². The number of carbonyl (C=O) groups is 1. The second-order valence-corrected chi connectivity index (χ2v) is 13.1. The Labute approximate surface area is 217 Å². The number of nitrogens with zero attached hydrogens (tertiary/aromatic N) is 3. The van der Waals surface area contributed by atoms with Crippen molar-refractivity contribution in [1.82, 2.24) is 15.0 Å². The van der Waals surface area contributed by atoms with Crippen molar-refractivity contribution >= 4 is 16.8 Å². The SMILES string of the molecule is COC[C@]12CC[C@@](C)(O)C[C@H]1CC[C@H]1[C@@H]3CC[C@H](C(=O)Cn4nc5cc(F)cc(F)c5n4)[C@@]3(C)CC[C@@H]12. The zero-order valence-corrected chi connectivity index (χ0v) is 22.2. The van der Waals surface area contributed by atoms with E-state index in [1.54, 1.807) is 0 Å². The van der Waals surface area contributed by atoms with Crippen LogP contribution in [0, 0.1) is 52.1 Å². The average Bonchev–Trinajstić information content (AvgIpc) is 3.39. The number of fused-ring (bicyclic) bond motifs is 6. The number of methoxy groups -OCH3 is 1. The maximum atomic E-state index is 14.1. The highest BCUT2D eigenvalue weighted by Gasteiger charge is 2.63. The van der Waals surface area contributed by atoms with Gasteiger partial charge in [0.2, 0.25) is 0 Å². The quantitative estimate of drug-likeness (QED) is 0.584. The minimum absolute atomic E-state index is 0.00289. The number of hydrogen-bond donors (Lipinski definition) is 1. The van der Waals surface area contributed by atoms with Crippen LogP contribution in [0.2, 0.25) is 0 Å². The molecule has 0 amide bonds. The lowest BCUT2D eigenvalue weighted by Gasteiger charge is -2.62. The van der Waals surface area contributed by atoms with Gasteiger partial charge >= 0.3 is 0 Å². The summed E-state index contributed by atoms with van der Waals surface area (Å²) in [5, 5.41) is 19.2. The number of carbonyl (C=O) groups excluding carboxylic acids is 1. The van der Waals surface area contributed by atoms with Crippen LogP contribution < -0.4 is 0 Å². The standard InChI is InChI=1S/C29H39F2N3O3/c1-27(36)10-11-29(16-37-3)17(14-27)4-5-19-20-6-7-22(28(20,2)9-8-21(19)29)25(35)15-34-32-24-13-18(30)12-23(31)26(24)33-34/h12-13,17,19-22,36H,4-11,14-16H2,1-3H3/t17-,19+,20+,21+,22-,27-,28+,29-/m1/s1. The fraction of sp³-hybridized carbons (Fsp3) is 0.759. The van der Waals surface area contributed by atoms with Crippen LogP contribution in [0.15, 0.2) is 12.1 Å². The van der Waals surface area contributed by atoms with Gasteiger partial charge in [-0.3, -0.25) is 4.79 Å². The molecule has 4 aliphatic rings. The predicted octanol–water partition coefficient (Wildman–Crippen LogP) is 5.32. The van der Waals surface area contributed by atoms with E-state index in [2.05, 4.69) is 17.1 Å². The Morgan fingerprint density at radius 1 is 1.08 bits per heavy atom. The molecule has 8 atom stereocenters. The minimum atomic E-state index is -0.760. The molecule has 1 aromatic carbocycles. The first-order chi connectivity index (χ1) is 17.6. The van der Waals surface area contributed by atoms with Gasteiger partial charge in [0.05, 0.1) is 12.2 Å². The Kier molecular flexibility index (Phi) is 6.03. The van der Waals surface area contributed by atoms with Crippen LogP contribution in [-0.4, -0.2) is 45.2 Å². The molecule has 1 heterocycles. The summed E-state index contributed by atoms with van der Waals surface area (Å²) in [7, 11) is 1.81. The van der Waals surface area contributed by atoms with Crippen molar-refractivity contribution in [1.29, 1.82) is 0 Å². The van der Waals surface area contributed by atoms with E-state index in [0.717, 1.165) is 76.5 Å². The largest absolute Gasteiger partial charge is 0.390 e. The molecule has 1 aromatic heterocycles. The van der Waals surface area contributed by atoms with E-state index < -0.39 is 17.2 Å². The smallest absolute Gasteiger partial charge is 0.159 e. The summed E-state index contributed by atoms with van der Waals surface area (Å²) in [4.78, 5) is 14.9. The molecule has 2 aromatic rings. The molecule has 6 nitrogen and oxygen atoms in total. The van der Waals surface area contributed by atoms with E-state index in [4.69, 9.17) is 4.74 Å². The lowest BCUT2D eigenvalue weighted by Crippen LogP contribution is -2.58. The maximum Gasteiger partial charge on any atom is 0.159 e. The van der Waals surface area contributed by atoms with Crippen LogP contribution in [0.4, 0.5) is 8.78 Å². The van der Waals surface area contributed by atoms with Crippen LogP contribution in [0.25, 0.3) is 11.0 Å². The van der Waals surface area contributed by atoms with Crippen LogP contribution in [0.3, 0.4) is 0 Å². The number of Topliss-reactive ketones (excluding diaryl/α,β-unsaturated/α-hetero) is 1. The normalized spacial score (nSPS) is 41.3. The first kappa shape index (κ1) is 25.4. The Bertz CT molecular complexity index is 1210. The van der Waals surface area contributed by atoms with E-state index in [1.807, 2.05) is 14.0 Å². The summed E-state index contributed by atoms with van der Waals surface area (Å²) in [6.45, 7) is 5.05.